The van der Waals surface area contributed by atoms with Gasteiger partial charge in [0.25, 0.3) is 11.5 Å². The van der Waals surface area contributed by atoms with Gasteiger partial charge in [0, 0.05) is 26.5 Å². The Kier molecular flexibility index (Phi) is 6.13. The first-order valence-electron chi connectivity index (χ1n) is 10.5. The number of aryl methyl sites for hydroxylation is 1. The Labute approximate surface area is 184 Å². The number of hydrogen-bond acceptors (Lipinski definition) is 5. The van der Waals surface area contributed by atoms with E-state index in [4.69, 9.17) is 10.1 Å². The van der Waals surface area contributed by atoms with E-state index in [1.54, 1.807) is 36.1 Å². The van der Waals surface area contributed by atoms with E-state index in [-0.39, 0.29) is 22.7 Å². The quantitative estimate of drug-likeness (QED) is 0.347. The summed E-state index contributed by atoms with van der Waals surface area (Å²) in [6.45, 7) is 2.77. The fourth-order valence-electron chi connectivity index (χ4n) is 3.74. The summed E-state index contributed by atoms with van der Waals surface area (Å²) in [4.78, 5) is 31.0. The smallest absolute Gasteiger partial charge is 0.267 e. The Morgan fingerprint density at radius 3 is 2.69 bits per heavy atom. The van der Waals surface area contributed by atoms with Crippen LogP contribution in [0.15, 0.2) is 65.6 Å². The third-order valence-corrected chi connectivity index (χ3v) is 5.44. The number of carbonyl (C=O) groups is 1. The van der Waals surface area contributed by atoms with Crippen LogP contribution in [0, 0.1) is 5.41 Å². The molecular formula is C24H25N5O3. The highest BCUT2D eigenvalue weighted by Gasteiger charge is 2.19. The lowest BCUT2D eigenvalue weighted by Crippen LogP contribution is -2.36. The molecule has 0 saturated heterocycles. The van der Waals surface area contributed by atoms with E-state index in [2.05, 4.69) is 10.3 Å². The number of benzene rings is 1. The van der Waals surface area contributed by atoms with Crippen molar-refractivity contribution in [2.75, 3.05) is 13.7 Å². The Morgan fingerprint density at radius 2 is 1.94 bits per heavy atom. The molecule has 0 radical (unpaired) electrons. The number of methoxy groups -OCH3 is 1. The summed E-state index contributed by atoms with van der Waals surface area (Å²) in [7, 11) is 1.61. The normalized spacial score (nSPS) is 12.2. The molecule has 0 bridgehead atoms. The molecule has 0 fully saturated rings. The largest absolute Gasteiger partial charge is 0.385 e. The van der Waals surface area contributed by atoms with Crippen molar-refractivity contribution in [2.24, 2.45) is 0 Å². The Hall–Kier alpha value is -3.78. The minimum Gasteiger partial charge on any atom is -0.385 e. The van der Waals surface area contributed by atoms with Gasteiger partial charge in [0.15, 0.2) is 0 Å². The van der Waals surface area contributed by atoms with Crippen LogP contribution in [0.25, 0.3) is 16.7 Å². The third kappa shape index (κ3) is 4.04. The second-order valence-electron chi connectivity index (χ2n) is 7.59. The van der Waals surface area contributed by atoms with Crippen molar-refractivity contribution in [3.63, 3.8) is 0 Å². The minimum absolute atomic E-state index is 0.0125. The zero-order valence-electron chi connectivity index (χ0n) is 18.0. The Bertz CT molecular complexity index is 1390. The lowest BCUT2D eigenvalue weighted by molar-refractivity contribution is 0.0937. The molecule has 4 aromatic rings. The average molecular weight is 431 g/mol. The van der Waals surface area contributed by atoms with E-state index in [0.29, 0.717) is 36.3 Å². The van der Waals surface area contributed by atoms with Crippen LogP contribution < -0.4 is 16.4 Å². The third-order valence-electron chi connectivity index (χ3n) is 5.44. The van der Waals surface area contributed by atoms with E-state index in [9.17, 15) is 9.59 Å². The zero-order chi connectivity index (χ0) is 22.7. The summed E-state index contributed by atoms with van der Waals surface area (Å²) in [5, 5.41) is 12.0. The van der Waals surface area contributed by atoms with E-state index in [1.807, 2.05) is 37.3 Å². The van der Waals surface area contributed by atoms with Crippen LogP contribution in [0.2, 0.25) is 0 Å². The van der Waals surface area contributed by atoms with Crippen LogP contribution in [-0.4, -0.2) is 33.6 Å². The fourth-order valence-corrected chi connectivity index (χ4v) is 3.74. The maximum absolute atomic E-state index is 13.2. The number of rotatable bonds is 7. The zero-order valence-corrected chi connectivity index (χ0v) is 18.0. The molecule has 0 saturated carbocycles. The first-order valence-corrected chi connectivity index (χ1v) is 10.5. The van der Waals surface area contributed by atoms with Crippen molar-refractivity contribution in [1.29, 1.82) is 5.41 Å². The number of fused-ring (bicyclic) bond motifs is 2. The molecule has 3 heterocycles. The van der Waals surface area contributed by atoms with Gasteiger partial charge in [0.2, 0.25) is 0 Å². The molecule has 4 rings (SSSR count). The van der Waals surface area contributed by atoms with Gasteiger partial charge in [-0.1, -0.05) is 36.4 Å². The van der Waals surface area contributed by atoms with Gasteiger partial charge in [-0.15, -0.1) is 0 Å². The predicted molar refractivity (Wildman–Crippen MR) is 122 cm³/mol. The molecule has 0 unspecified atom stereocenters. The van der Waals surface area contributed by atoms with Crippen LogP contribution >= 0.6 is 0 Å². The van der Waals surface area contributed by atoms with Crippen LogP contribution in [0.5, 0.6) is 0 Å². The molecule has 8 heteroatoms. The first kappa shape index (κ1) is 21.5. The van der Waals surface area contributed by atoms with Crippen molar-refractivity contribution in [2.45, 2.75) is 25.9 Å². The van der Waals surface area contributed by atoms with Gasteiger partial charge in [-0.2, -0.15) is 0 Å². The molecule has 1 aromatic carbocycles. The molecule has 32 heavy (non-hydrogen) atoms. The van der Waals surface area contributed by atoms with Crippen molar-refractivity contribution in [1.82, 2.24) is 19.3 Å². The molecule has 2 N–H and O–H groups in total. The number of pyridine rings is 2. The van der Waals surface area contributed by atoms with Gasteiger partial charge in [0.1, 0.15) is 16.8 Å². The van der Waals surface area contributed by atoms with E-state index < -0.39 is 5.91 Å². The van der Waals surface area contributed by atoms with Gasteiger partial charge in [-0.05, 0) is 37.1 Å². The minimum atomic E-state index is -0.411. The van der Waals surface area contributed by atoms with Gasteiger partial charge in [-0.25, -0.2) is 4.98 Å². The highest BCUT2D eigenvalue weighted by Crippen LogP contribution is 2.14. The maximum atomic E-state index is 13.2. The number of nitrogens with one attached hydrogen (secondary N) is 2. The Balaban J connectivity index is 1.85. The lowest BCUT2D eigenvalue weighted by atomic mass is 10.1. The molecular weight excluding hydrogens is 406 g/mol. The molecule has 164 valence electrons. The maximum Gasteiger partial charge on any atom is 0.267 e. The Morgan fingerprint density at radius 1 is 1.19 bits per heavy atom. The van der Waals surface area contributed by atoms with E-state index in [0.717, 1.165) is 5.56 Å². The average Bonchev–Trinajstić information content (AvgIpc) is 2.81. The first-order chi connectivity index (χ1) is 15.5. The van der Waals surface area contributed by atoms with Crippen LogP contribution in [-0.2, 0) is 11.3 Å². The van der Waals surface area contributed by atoms with Crippen molar-refractivity contribution in [3.8, 4) is 0 Å². The highest BCUT2D eigenvalue weighted by molar-refractivity contribution is 5.97. The van der Waals surface area contributed by atoms with Crippen molar-refractivity contribution in [3.05, 3.63) is 87.8 Å². The molecule has 0 aliphatic heterocycles. The van der Waals surface area contributed by atoms with Gasteiger partial charge >= 0.3 is 0 Å². The summed E-state index contributed by atoms with van der Waals surface area (Å²) >= 11 is 0. The molecule has 0 aliphatic rings. The molecule has 1 amide bonds. The number of amides is 1. The second kappa shape index (κ2) is 9.15. The molecule has 1 atom stereocenters. The van der Waals surface area contributed by atoms with Crippen molar-refractivity contribution < 1.29 is 9.53 Å². The summed E-state index contributed by atoms with van der Waals surface area (Å²) in [5.74, 6) is -0.411. The summed E-state index contributed by atoms with van der Waals surface area (Å²) in [6, 6.07) is 16.1. The summed E-state index contributed by atoms with van der Waals surface area (Å²) < 4.78 is 8.21. The lowest BCUT2D eigenvalue weighted by Gasteiger charge is -2.17. The number of carbonyl (C=O) groups excluding carboxylic acids is 1. The van der Waals surface area contributed by atoms with Gasteiger partial charge < -0.3 is 14.6 Å². The van der Waals surface area contributed by atoms with Crippen molar-refractivity contribution >= 4 is 22.6 Å². The summed E-state index contributed by atoms with van der Waals surface area (Å²) in [5.41, 5.74) is 1.69. The predicted octanol–water partition coefficient (Wildman–Crippen LogP) is 2.66. The van der Waals surface area contributed by atoms with Gasteiger partial charge in [0.05, 0.1) is 17.0 Å². The standard InChI is InChI=1S/C24H25N5O3/c1-16(17-9-4-3-5-10-17)26-23(30)18-15-19-22(29(21(18)25)13-8-14-32-2)27-20-11-6-7-12-28(20)24(19)31/h3-7,9-12,15-16,25H,8,13-14H2,1-2H3,(H,26,30)/t16-/m0/s1. The van der Waals surface area contributed by atoms with E-state index >= 15 is 0 Å². The van der Waals surface area contributed by atoms with E-state index in [1.165, 1.54) is 10.5 Å². The SMILES string of the molecule is COCCCn1c(=N)c(C(=O)N[C@@H](C)c2ccccc2)cc2c(=O)n3ccccc3nc21. The fraction of sp³-hybridized carbons (Fsp3) is 0.250. The number of ether oxygens (including phenoxy) is 1. The highest BCUT2D eigenvalue weighted by atomic mass is 16.5. The topological polar surface area (TPSA) is 101 Å². The molecule has 3 aromatic heterocycles. The molecule has 0 aliphatic carbocycles. The molecule has 0 spiro atoms. The van der Waals surface area contributed by atoms with Crippen LogP contribution in [0.3, 0.4) is 0 Å². The number of hydrogen-bond donors (Lipinski definition) is 2. The number of nitrogens with zero attached hydrogens (tertiary/aromatic N) is 3. The van der Waals surface area contributed by atoms with Crippen LogP contribution in [0.1, 0.15) is 35.3 Å². The van der Waals surface area contributed by atoms with Crippen LogP contribution in [0.4, 0.5) is 0 Å². The molecule has 8 nitrogen and oxygen atoms in total. The second-order valence-corrected chi connectivity index (χ2v) is 7.59. The summed E-state index contributed by atoms with van der Waals surface area (Å²) in [6.07, 6.45) is 2.26. The monoisotopic (exact) mass is 431 g/mol. The van der Waals surface area contributed by atoms with Gasteiger partial charge in [-0.3, -0.25) is 19.4 Å². The number of aromatic nitrogens is 3.